The fraction of sp³-hybridized carbons (Fsp3) is 0. The molecule has 9 nitrogen and oxygen atoms in total. The Balaban J connectivity index is 3.35. The number of carbonyl (C=O) groups is 1. The van der Waals surface area contributed by atoms with Crippen LogP contribution in [0.1, 0.15) is 10.4 Å². The molecule has 0 bridgehead atoms. The Labute approximate surface area is 94.2 Å². The van der Waals surface area contributed by atoms with Crippen LogP contribution in [0.4, 0.5) is 5.69 Å². The van der Waals surface area contributed by atoms with Gasteiger partial charge >= 0.3 is 7.12 Å². The van der Waals surface area contributed by atoms with Crippen molar-refractivity contribution in [2.75, 3.05) is 0 Å². The van der Waals surface area contributed by atoms with Gasteiger partial charge in [0.1, 0.15) is 0 Å². The summed E-state index contributed by atoms with van der Waals surface area (Å²) in [5, 5.41) is 31.1. The predicted molar refractivity (Wildman–Crippen MR) is 56.4 cm³/mol. The molecule has 0 aliphatic heterocycles. The zero-order valence-corrected chi connectivity index (χ0v) is 8.22. The molecular formula is C7H5BN4O5. The Morgan fingerprint density at radius 2 is 2.12 bits per heavy atom. The van der Waals surface area contributed by atoms with E-state index in [9.17, 15) is 14.9 Å². The van der Waals surface area contributed by atoms with E-state index in [2.05, 4.69) is 10.0 Å². The largest absolute Gasteiger partial charge is 0.488 e. The van der Waals surface area contributed by atoms with Crippen LogP contribution in [-0.4, -0.2) is 28.0 Å². The van der Waals surface area contributed by atoms with E-state index in [1.165, 1.54) is 0 Å². The van der Waals surface area contributed by atoms with Gasteiger partial charge in [-0.2, -0.15) is 0 Å². The van der Waals surface area contributed by atoms with Crippen molar-refractivity contribution in [3.63, 3.8) is 0 Å². The lowest BCUT2D eigenvalue weighted by atomic mass is 9.79. The first kappa shape index (κ1) is 12.7. The Kier molecular flexibility index (Phi) is 3.78. The molecule has 0 unspecified atom stereocenters. The van der Waals surface area contributed by atoms with Gasteiger partial charge in [0.05, 0.1) is 4.92 Å². The van der Waals surface area contributed by atoms with E-state index in [1.54, 1.807) is 0 Å². The van der Waals surface area contributed by atoms with Crippen molar-refractivity contribution in [3.8, 4) is 0 Å². The van der Waals surface area contributed by atoms with Crippen molar-refractivity contribution in [1.82, 2.24) is 0 Å². The van der Waals surface area contributed by atoms with Gasteiger partial charge < -0.3 is 10.0 Å². The van der Waals surface area contributed by atoms with Crippen molar-refractivity contribution >= 4 is 24.2 Å². The first-order valence-corrected chi connectivity index (χ1v) is 4.20. The van der Waals surface area contributed by atoms with Gasteiger partial charge in [-0.05, 0) is 16.1 Å². The summed E-state index contributed by atoms with van der Waals surface area (Å²) in [6.45, 7) is 0. The average Bonchev–Trinajstić information content (AvgIpc) is 2.28. The topological polar surface area (TPSA) is 149 Å². The molecule has 0 atom stereocenters. The smallest absolute Gasteiger partial charge is 0.423 e. The Morgan fingerprint density at radius 1 is 1.47 bits per heavy atom. The number of benzene rings is 1. The fourth-order valence-corrected chi connectivity index (χ4v) is 1.11. The molecule has 1 rings (SSSR count). The molecule has 0 saturated carbocycles. The summed E-state index contributed by atoms with van der Waals surface area (Å²) in [6.07, 6.45) is 0. The molecule has 0 radical (unpaired) electrons. The second-order valence-electron chi connectivity index (χ2n) is 2.94. The SMILES string of the molecule is [N-]=[N+]=NC(=O)c1cc(B(O)O)cc([N+](=O)[O-])c1. The molecule has 1 aromatic carbocycles. The van der Waals surface area contributed by atoms with Crippen LogP contribution >= 0.6 is 0 Å². The van der Waals surface area contributed by atoms with Crippen LogP contribution in [0, 0.1) is 10.1 Å². The summed E-state index contributed by atoms with van der Waals surface area (Å²) < 4.78 is 0. The molecule has 10 heteroatoms. The number of carbonyl (C=O) groups excluding carboxylic acids is 1. The maximum absolute atomic E-state index is 11.2. The first-order chi connectivity index (χ1) is 7.95. The molecule has 0 saturated heterocycles. The molecule has 0 fully saturated rings. The Morgan fingerprint density at radius 3 is 2.59 bits per heavy atom. The van der Waals surface area contributed by atoms with Gasteiger partial charge in [0.2, 0.25) is 5.91 Å². The van der Waals surface area contributed by atoms with Gasteiger partial charge in [-0.25, -0.2) is 0 Å². The second kappa shape index (κ2) is 5.08. The lowest BCUT2D eigenvalue weighted by Crippen LogP contribution is -2.30. The van der Waals surface area contributed by atoms with Crippen LogP contribution in [0.15, 0.2) is 23.3 Å². The van der Waals surface area contributed by atoms with Crippen LogP contribution < -0.4 is 5.46 Å². The third-order valence-electron chi connectivity index (χ3n) is 1.83. The summed E-state index contributed by atoms with van der Waals surface area (Å²) in [7, 11) is -1.97. The maximum Gasteiger partial charge on any atom is 0.488 e. The number of hydrogen-bond acceptors (Lipinski definition) is 5. The van der Waals surface area contributed by atoms with Crippen LogP contribution in [0.3, 0.4) is 0 Å². The molecule has 17 heavy (non-hydrogen) atoms. The zero-order valence-electron chi connectivity index (χ0n) is 8.22. The molecule has 0 aromatic heterocycles. The predicted octanol–water partition coefficient (Wildman–Crippen LogP) is -0.275. The van der Waals surface area contributed by atoms with Gasteiger partial charge in [0.15, 0.2) is 0 Å². The van der Waals surface area contributed by atoms with Gasteiger partial charge in [0, 0.05) is 22.6 Å². The molecule has 0 heterocycles. The lowest BCUT2D eigenvalue weighted by molar-refractivity contribution is -0.384. The highest BCUT2D eigenvalue weighted by atomic mass is 16.6. The molecule has 0 aliphatic rings. The minimum Gasteiger partial charge on any atom is -0.423 e. The minimum atomic E-state index is -1.97. The number of rotatable bonds is 3. The highest BCUT2D eigenvalue weighted by molar-refractivity contribution is 6.58. The quantitative estimate of drug-likeness (QED) is 0.185. The first-order valence-electron chi connectivity index (χ1n) is 4.20. The molecule has 1 amide bonds. The van der Waals surface area contributed by atoms with E-state index in [1.807, 2.05) is 0 Å². The number of hydrogen-bond donors (Lipinski definition) is 2. The third kappa shape index (κ3) is 3.02. The van der Waals surface area contributed by atoms with Gasteiger partial charge in [-0.1, -0.05) is 6.07 Å². The number of nitro benzene ring substituents is 1. The van der Waals surface area contributed by atoms with E-state index in [-0.39, 0.29) is 11.0 Å². The van der Waals surface area contributed by atoms with Crippen molar-refractivity contribution in [2.24, 2.45) is 5.11 Å². The van der Waals surface area contributed by atoms with E-state index in [4.69, 9.17) is 15.6 Å². The summed E-state index contributed by atoms with van der Waals surface area (Å²) in [5.41, 5.74) is 7.02. The highest BCUT2D eigenvalue weighted by Crippen LogP contribution is 2.13. The minimum absolute atomic E-state index is 0.240. The molecule has 0 aliphatic carbocycles. The summed E-state index contributed by atoms with van der Waals surface area (Å²) >= 11 is 0. The monoisotopic (exact) mass is 236 g/mol. The average molecular weight is 236 g/mol. The van der Waals surface area contributed by atoms with Crippen LogP contribution in [0.25, 0.3) is 10.4 Å². The maximum atomic E-state index is 11.2. The lowest BCUT2D eigenvalue weighted by Gasteiger charge is -2.02. The van der Waals surface area contributed by atoms with Crippen molar-refractivity contribution in [1.29, 1.82) is 0 Å². The Hall–Kier alpha value is -2.42. The van der Waals surface area contributed by atoms with Crippen LogP contribution in [0.2, 0.25) is 0 Å². The van der Waals surface area contributed by atoms with E-state index in [0.29, 0.717) is 0 Å². The van der Waals surface area contributed by atoms with E-state index < -0.39 is 23.6 Å². The molecule has 0 spiro atoms. The Bertz CT molecular complexity index is 525. The third-order valence-corrected chi connectivity index (χ3v) is 1.83. The van der Waals surface area contributed by atoms with Crippen LogP contribution in [-0.2, 0) is 0 Å². The molecular weight excluding hydrogens is 231 g/mol. The molecule has 1 aromatic rings. The molecule has 86 valence electrons. The fourth-order valence-electron chi connectivity index (χ4n) is 1.11. The van der Waals surface area contributed by atoms with Gasteiger partial charge in [-0.3, -0.25) is 14.9 Å². The summed E-state index contributed by atoms with van der Waals surface area (Å²) in [5.74, 6) is -1.04. The zero-order chi connectivity index (χ0) is 13.0. The highest BCUT2D eigenvalue weighted by Gasteiger charge is 2.19. The number of nitro groups is 1. The van der Waals surface area contributed by atoms with Crippen molar-refractivity contribution in [2.45, 2.75) is 0 Å². The van der Waals surface area contributed by atoms with E-state index >= 15 is 0 Å². The number of non-ortho nitro benzene ring substituents is 1. The van der Waals surface area contributed by atoms with Crippen molar-refractivity contribution in [3.05, 3.63) is 44.3 Å². The number of nitrogens with zero attached hydrogens (tertiary/aromatic N) is 4. The number of azide groups is 1. The van der Waals surface area contributed by atoms with Crippen molar-refractivity contribution < 1.29 is 19.8 Å². The van der Waals surface area contributed by atoms with E-state index in [0.717, 1.165) is 18.2 Å². The van der Waals surface area contributed by atoms with Gasteiger partial charge in [-0.15, -0.1) is 0 Å². The normalized spacial score (nSPS) is 9.29. The second-order valence-corrected chi connectivity index (χ2v) is 2.94. The van der Waals surface area contributed by atoms with Crippen LogP contribution in [0.5, 0.6) is 0 Å². The van der Waals surface area contributed by atoms with Gasteiger partial charge in [0.25, 0.3) is 5.69 Å². The summed E-state index contributed by atoms with van der Waals surface area (Å²) in [4.78, 5) is 23.2. The standard InChI is InChI=1S/C7H5BN4O5/c9-11-10-7(13)4-1-5(8(14)15)3-6(2-4)12(16)17/h1-3,14-15H. The summed E-state index contributed by atoms with van der Waals surface area (Å²) in [6, 6.07) is 2.77. The molecule has 2 N–H and O–H groups in total. The number of amides is 1.